The Morgan fingerprint density at radius 1 is 1.25 bits per heavy atom. The highest BCUT2D eigenvalue weighted by atomic mass is 32.2. The van der Waals surface area contributed by atoms with Crippen LogP contribution in [0, 0.1) is 0 Å². The maximum Gasteiger partial charge on any atom is 0.233 e. The average molecular weight is 304 g/mol. The van der Waals surface area contributed by atoms with Gasteiger partial charge in [-0.1, -0.05) is 42.1 Å². The van der Waals surface area contributed by atoms with Crippen LogP contribution in [-0.2, 0) is 4.79 Å². The van der Waals surface area contributed by atoms with Crippen LogP contribution in [0.5, 0.6) is 0 Å². The molecule has 1 fully saturated rings. The number of amides is 1. The molecule has 1 amide bonds. The predicted octanol–water partition coefficient (Wildman–Crippen LogP) is 3.52. The Hall–Kier alpha value is -1.33. The molecule has 1 aliphatic heterocycles. The highest BCUT2D eigenvalue weighted by Crippen LogP contribution is 2.28. The lowest BCUT2D eigenvalue weighted by molar-refractivity contribution is -0.127. The van der Waals surface area contributed by atoms with Gasteiger partial charge in [0.1, 0.15) is 0 Å². The summed E-state index contributed by atoms with van der Waals surface area (Å²) in [5.74, 6) is 0.742. The summed E-state index contributed by atoms with van der Waals surface area (Å²) in [6.45, 7) is 1.85. The summed E-state index contributed by atoms with van der Waals surface area (Å²) in [5.41, 5.74) is 2.12. The smallest absolute Gasteiger partial charge is 0.233 e. The largest absolute Gasteiger partial charge is 0.342 e. The maximum atomic E-state index is 12.0. The molecule has 20 heavy (non-hydrogen) atoms. The van der Waals surface area contributed by atoms with Crippen molar-refractivity contribution in [3.05, 3.63) is 35.7 Å². The monoisotopic (exact) mass is 304 g/mol. The van der Waals surface area contributed by atoms with Gasteiger partial charge in [0.15, 0.2) is 4.34 Å². The van der Waals surface area contributed by atoms with Crippen molar-refractivity contribution in [2.75, 3.05) is 18.8 Å². The molecule has 2 aromatic rings. The van der Waals surface area contributed by atoms with Crippen LogP contribution in [0.25, 0.3) is 11.3 Å². The lowest BCUT2D eigenvalue weighted by atomic mass is 10.2. The van der Waals surface area contributed by atoms with Gasteiger partial charge in [0, 0.05) is 24.0 Å². The van der Waals surface area contributed by atoms with Crippen molar-refractivity contribution in [3.8, 4) is 11.3 Å². The second kappa shape index (κ2) is 6.41. The molecule has 0 aliphatic carbocycles. The second-order valence-electron chi connectivity index (χ2n) is 4.74. The van der Waals surface area contributed by atoms with Crippen molar-refractivity contribution in [2.24, 2.45) is 0 Å². The Bertz CT molecular complexity index is 577. The third-order valence-electron chi connectivity index (χ3n) is 3.33. The van der Waals surface area contributed by atoms with Gasteiger partial charge in [-0.25, -0.2) is 4.98 Å². The number of likely N-dealkylation sites (tertiary alicyclic amines) is 1. The number of carbonyl (C=O) groups is 1. The molecule has 0 spiro atoms. The van der Waals surface area contributed by atoms with Crippen LogP contribution in [0.1, 0.15) is 12.8 Å². The molecule has 3 nitrogen and oxygen atoms in total. The summed E-state index contributed by atoms with van der Waals surface area (Å²) in [4.78, 5) is 18.5. The molecule has 104 valence electrons. The van der Waals surface area contributed by atoms with Gasteiger partial charge in [-0.3, -0.25) is 4.79 Å². The summed E-state index contributed by atoms with van der Waals surface area (Å²) < 4.78 is 0.969. The van der Waals surface area contributed by atoms with Gasteiger partial charge in [-0.15, -0.1) is 11.3 Å². The van der Waals surface area contributed by atoms with Gasteiger partial charge in [0.2, 0.25) is 5.91 Å². The van der Waals surface area contributed by atoms with E-state index in [1.807, 2.05) is 23.1 Å². The Labute approximate surface area is 127 Å². The van der Waals surface area contributed by atoms with Gasteiger partial charge >= 0.3 is 0 Å². The SMILES string of the molecule is O=C(CSc1nc(-c2ccccc2)cs1)N1CCCC1. The van der Waals surface area contributed by atoms with Crippen LogP contribution in [0.15, 0.2) is 40.1 Å². The summed E-state index contributed by atoms with van der Waals surface area (Å²) in [7, 11) is 0. The summed E-state index contributed by atoms with van der Waals surface area (Å²) in [6, 6.07) is 10.1. The van der Waals surface area contributed by atoms with Crippen LogP contribution in [0.3, 0.4) is 0 Å². The van der Waals surface area contributed by atoms with Crippen LogP contribution in [0.2, 0.25) is 0 Å². The normalized spacial score (nSPS) is 14.7. The first-order valence-corrected chi connectivity index (χ1v) is 8.61. The number of hydrogen-bond donors (Lipinski definition) is 0. The fraction of sp³-hybridized carbons (Fsp3) is 0.333. The molecular weight excluding hydrogens is 288 g/mol. The third-order valence-corrected chi connectivity index (χ3v) is 5.34. The summed E-state index contributed by atoms with van der Waals surface area (Å²) in [6.07, 6.45) is 2.29. The van der Waals surface area contributed by atoms with Crippen LogP contribution < -0.4 is 0 Å². The fourth-order valence-electron chi connectivity index (χ4n) is 2.25. The van der Waals surface area contributed by atoms with E-state index < -0.39 is 0 Å². The van der Waals surface area contributed by atoms with Crippen molar-refractivity contribution in [1.82, 2.24) is 9.88 Å². The molecule has 1 aromatic carbocycles. The molecule has 0 N–H and O–H groups in total. The number of nitrogens with zero attached hydrogens (tertiary/aromatic N) is 2. The highest BCUT2D eigenvalue weighted by molar-refractivity contribution is 8.01. The highest BCUT2D eigenvalue weighted by Gasteiger charge is 2.18. The average Bonchev–Trinajstić information content (AvgIpc) is 3.17. The predicted molar refractivity (Wildman–Crippen MR) is 84.1 cm³/mol. The molecule has 1 saturated heterocycles. The molecule has 0 saturated carbocycles. The zero-order chi connectivity index (χ0) is 13.8. The molecule has 0 radical (unpaired) electrons. The standard InChI is InChI=1S/C15H16N2OS2/c18-14(17-8-4-5-9-17)11-20-15-16-13(10-19-15)12-6-2-1-3-7-12/h1-3,6-7,10H,4-5,8-9,11H2. The zero-order valence-corrected chi connectivity index (χ0v) is 12.8. The third kappa shape index (κ3) is 3.22. The van der Waals surface area contributed by atoms with Gasteiger partial charge in [0.25, 0.3) is 0 Å². The van der Waals surface area contributed by atoms with E-state index in [1.54, 1.807) is 23.1 Å². The number of benzene rings is 1. The van der Waals surface area contributed by atoms with E-state index in [9.17, 15) is 4.79 Å². The number of aromatic nitrogens is 1. The molecule has 0 unspecified atom stereocenters. The summed E-state index contributed by atoms with van der Waals surface area (Å²) >= 11 is 3.16. The summed E-state index contributed by atoms with van der Waals surface area (Å²) in [5, 5.41) is 2.05. The molecule has 5 heteroatoms. The molecular formula is C15H16N2OS2. The van der Waals surface area contributed by atoms with E-state index in [2.05, 4.69) is 22.5 Å². The van der Waals surface area contributed by atoms with E-state index in [0.717, 1.165) is 41.5 Å². The van der Waals surface area contributed by atoms with E-state index in [0.29, 0.717) is 5.75 Å². The molecule has 1 aliphatic rings. The maximum absolute atomic E-state index is 12.0. The second-order valence-corrected chi connectivity index (χ2v) is 6.82. The quantitative estimate of drug-likeness (QED) is 0.810. The lowest BCUT2D eigenvalue weighted by Gasteiger charge is -2.13. The van der Waals surface area contributed by atoms with Crippen molar-refractivity contribution in [2.45, 2.75) is 17.2 Å². The Morgan fingerprint density at radius 3 is 2.75 bits per heavy atom. The minimum absolute atomic E-state index is 0.240. The number of rotatable bonds is 4. The molecule has 2 heterocycles. The Kier molecular flexibility index (Phi) is 4.38. The number of hydrogen-bond acceptors (Lipinski definition) is 4. The van der Waals surface area contributed by atoms with Crippen molar-refractivity contribution >= 4 is 29.0 Å². The Balaban J connectivity index is 1.59. The fourth-order valence-corrected chi connectivity index (χ4v) is 3.98. The van der Waals surface area contributed by atoms with Gasteiger partial charge in [-0.2, -0.15) is 0 Å². The topological polar surface area (TPSA) is 33.2 Å². The van der Waals surface area contributed by atoms with Crippen molar-refractivity contribution in [1.29, 1.82) is 0 Å². The molecule has 1 aromatic heterocycles. The van der Waals surface area contributed by atoms with Crippen LogP contribution in [-0.4, -0.2) is 34.6 Å². The first kappa shape index (κ1) is 13.6. The first-order valence-electron chi connectivity index (χ1n) is 6.74. The van der Waals surface area contributed by atoms with Crippen LogP contribution >= 0.6 is 23.1 Å². The van der Waals surface area contributed by atoms with Crippen LogP contribution in [0.4, 0.5) is 0 Å². The van der Waals surface area contributed by atoms with E-state index in [-0.39, 0.29) is 5.91 Å². The van der Waals surface area contributed by atoms with E-state index in [4.69, 9.17) is 0 Å². The first-order chi connectivity index (χ1) is 9.83. The van der Waals surface area contributed by atoms with Gasteiger partial charge in [-0.05, 0) is 12.8 Å². The zero-order valence-electron chi connectivity index (χ0n) is 11.1. The lowest BCUT2D eigenvalue weighted by Crippen LogP contribution is -2.29. The van der Waals surface area contributed by atoms with Crippen molar-refractivity contribution < 1.29 is 4.79 Å². The van der Waals surface area contributed by atoms with Gasteiger partial charge < -0.3 is 4.90 Å². The number of thioether (sulfide) groups is 1. The Morgan fingerprint density at radius 2 is 2.00 bits per heavy atom. The number of carbonyl (C=O) groups excluding carboxylic acids is 1. The minimum atomic E-state index is 0.240. The number of thiazole rings is 1. The van der Waals surface area contributed by atoms with Crippen molar-refractivity contribution in [3.63, 3.8) is 0 Å². The molecule has 3 rings (SSSR count). The van der Waals surface area contributed by atoms with Gasteiger partial charge in [0.05, 0.1) is 11.4 Å². The van der Waals surface area contributed by atoms with E-state index >= 15 is 0 Å². The minimum Gasteiger partial charge on any atom is -0.342 e. The molecule has 0 atom stereocenters. The van der Waals surface area contributed by atoms with E-state index in [1.165, 1.54) is 0 Å². The molecule has 0 bridgehead atoms.